The number of piperidine rings is 1. The normalized spacial score (nSPS) is 22.8. The van der Waals surface area contributed by atoms with E-state index in [1.165, 1.54) is 24.0 Å². The van der Waals surface area contributed by atoms with Gasteiger partial charge in [-0.05, 0) is 87.7 Å². The van der Waals surface area contributed by atoms with Crippen LogP contribution in [0.3, 0.4) is 0 Å². The lowest BCUT2D eigenvalue weighted by molar-refractivity contribution is -0.0508. The maximum Gasteiger partial charge on any atom is 0.319 e. The Morgan fingerprint density at radius 1 is 1.14 bits per heavy atom. The van der Waals surface area contributed by atoms with Gasteiger partial charge in [-0.1, -0.05) is 37.1 Å². The zero-order chi connectivity index (χ0) is 25.9. The van der Waals surface area contributed by atoms with Crippen molar-refractivity contribution in [2.75, 3.05) is 24.5 Å². The van der Waals surface area contributed by atoms with Crippen LogP contribution in [0.5, 0.6) is 0 Å². The van der Waals surface area contributed by atoms with E-state index in [-0.39, 0.29) is 30.1 Å². The monoisotopic (exact) mass is 495 g/mol. The SMILES string of the molecule is CC(=O)c1cccc(N(CC(O)(CN2CCC(c3ccc(F)cc3)CC2C)C2CCCC2)C(N)=O)c1. The summed E-state index contributed by atoms with van der Waals surface area (Å²) in [6.45, 7) is 5.01. The standard InChI is InChI=1S/C29H38FN3O3/c1-20-16-24(22-10-12-26(30)13-11-22)14-15-32(20)18-29(36,25-7-3-4-8-25)19-33(28(31)35)27-9-5-6-23(17-27)21(2)34/h5-6,9-13,17,20,24-25,36H,3-4,7-8,14-16,18-19H2,1-2H3,(H2,31,35). The first-order chi connectivity index (χ1) is 17.2. The summed E-state index contributed by atoms with van der Waals surface area (Å²) in [5.74, 6) is 0.106. The van der Waals surface area contributed by atoms with Crippen LogP contribution in [0.2, 0.25) is 0 Å². The third-order valence-corrected chi connectivity index (χ3v) is 8.21. The van der Waals surface area contributed by atoms with Gasteiger partial charge in [0.05, 0.1) is 12.1 Å². The Bertz CT molecular complexity index is 1070. The number of anilines is 1. The topological polar surface area (TPSA) is 86.9 Å². The van der Waals surface area contributed by atoms with Crippen LogP contribution in [0.15, 0.2) is 48.5 Å². The Morgan fingerprint density at radius 3 is 2.44 bits per heavy atom. The summed E-state index contributed by atoms with van der Waals surface area (Å²) in [6, 6.07) is 13.2. The number of ketones is 1. The van der Waals surface area contributed by atoms with Crippen LogP contribution in [0.25, 0.3) is 0 Å². The van der Waals surface area contributed by atoms with E-state index < -0.39 is 11.6 Å². The Kier molecular flexibility index (Phi) is 8.10. The summed E-state index contributed by atoms with van der Waals surface area (Å²) in [7, 11) is 0. The number of primary amides is 1. The maximum absolute atomic E-state index is 13.4. The molecule has 0 aromatic heterocycles. The quantitative estimate of drug-likeness (QED) is 0.499. The average molecular weight is 496 g/mol. The van der Waals surface area contributed by atoms with E-state index in [1.807, 2.05) is 12.1 Å². The predicted octanol–water partition coefficient (Wildman–Crippen LogP) is 5.10. The number of nitrogens with zero attached hydrogens (tertiary/aromatic N) is 2. The number of aliphatic hydroxyl groups is 1. The number of urea groups is 1. The second kappa shape index (κ2) is 11.1. The largest absolute Gasteiger partial charge is 0.386 e. The van der Waals surface area contributed by atoms with Crippen LogP contribution in [0.1, 0.15) is 74.2 Å². The molecule has 2 aromatic carbocycles. The zero-order valence-corrected chi connectivity index (χ0v) is 21.3. The van der Waals surface area contributed by atoms with Gasteiger partial charge in [0, 0.05) is 23.8 Å². The van der Waals surface area contributed by atoms with Crippen molar-refractivity contribution in [1.29, 1.82) is 0 Å². The van der Waals surface area contributed by atoms with Gasteiger partial charge in [-0.25, -0.2) is 9.18 Å². The van der Waals surface area contributed by atoms with Crippen LogP contribution in [-0.2, 0) is 0 Å². The maximum atomic E-state index is 13.4. The molecular weight excluding hydrogens is 457 g/mol. The number of β-amino-alcohol motifs (C(OH)–C–C–N with tert-alkyl or cyclic N) is 1. The minimum Gasteiger partial charge on any atom is -0.386 e. The molecule has 1 aliphatic carbocycles. The minimum absolute atomic E-state index is 0.0670. The molecule has 3 N–H and O–H groups in total. The Labute approximate surface area is 213 Å². The molecule has 2 aliphatic rings. The summed E-state index contributed by atoms with van der Waals surface area (Å²) in [6.07, 6.45) is 5.80. The van der Waals surface area contributed by atoms with E-state index in [1.54, 1.807) is 24.3 Å². The molecule has 0 bridgehead atoms. The number of carbonyl (C=O) groups is 2. The van der Waals surface area contributed by atoms with Crippen molar-refractivity contribution < 1.29 is 19.1 Å². The molecule has 3 atom stereocenters. The van der Waals surface area contributed by atoms with Gasteiger partial charge in [-0.15, -0.1) is 0 Å². The van der Waals surface area contributed by atoms with E-state index in [9.17, 15) is 19.1 Å². The molecule has 0 radical (unpaired) electrons. The summed E-state index contributed by atoms with van der Waals surface area (Å²) in [5.41, 5.74) is 6.85. The number of halogens is 1. The summed E-state index contributed by atoms with van der Waals surface area (Å²) in [4.78, 5) is 28.2. The molecule has 2 aromatic rings. The van der Waals surface area contributed by atoms with Gasteiger partial charge < -0.3 is 10.8 Å². The van der Waals surface area contributed by atoms with Crippen molar-refractivity contribution >= 4 is 17.5 Å². The Hall–Kier alpha value is -2.77. The molecule has 7 heteroatoms. The predicted molar refractivity (Wildman–Crippen MR) is 140 cm³/mol. The molecule has 2 amide bonds. The van der Waals surface area contributed by atoms with Crippen LogP contribution < -0.4 is 10.6 Å². The molecule has 0 spiro atoms. The van der Waals surface area contributed by atoms with Crippen molar-refractivity contribution in [3.8, 4) is 0 Å². The summed E-state index contributed by atoms with van der Waals surface area (Å²) in [5, 5.41) is 12.2. The van der Waals surface area contributed by atoms with Crippen molar-refractivity contribution in [3.05, 3.63) is 65.5 Å². The van der Waals surface area contributed by atoms with E-state index in [2.05, 4.69) is 11.8 Å². The molecule has 6 nitrogen and oxygen atoms in total. The van der Waals surface area contributed by atoms with Crippen LogP contribution in [0.4, 0.5) is 14.9 Å². The summed E-state index contributed by atoms with van der Waals surface area (Å²) < 4.78 is 13.4. The van der Waals surface area contributed by atoms with Gasteiger partial charge in [0.25, 0.3) is 0 Å². The molecule has 4 rings (SSSR count). The second-order valence-electron chi connectivity index (χ2n) is 10.7. The number of likely N-dealkylation sites (tertiary alicyclic amines) is 1. The van der Waals surface area contributed by atoms with Crippen LogP contribution in [0, 0.1) is 11.7 Å². The fraction of sp³-hybridized carbons (Fsp3) is 0.517. The van der Waals surface area contributed by atoms with Crippen LogP contribution >= 0.6 is 0 Å². The molecule has 1 heterocycles. The smallest absolute Gasteiger partial charge is 0.319 e. The van der Waals surface area contributed by atoms with E-state index in [0.717, 1.165) is 50.6 Å². The first-order valence-electron chi connectivity index (χ1n) is 13.1. The molecule has 36 heavy (non-hydrogen) atoms. The fourth-order valence-electron chi connectivity index (χ4n) is 6.08. The summed E-state index contributed by atoms with van der Waals surface area (Å²) >= 11 is 0. The Morgan fingerprint density at radius 2 is 1.83 bits per heavy atom. The molecular formula is C29H38FN3O3. The van der Waals surface area contributed by atoms with Crippen molar-refractivity contribution in [1.82, 2.24) is 4.90 Å². The third kappa shape index (κ3) is 5.95. The van der Waals surface area contributed by atoms with Crippen molar-refractivity contribution in [3.63, 3.8) is 0 Å². The minimum atomic E-state index is -1.13. The van der Waals surface area contributed by atoms with Gasteiger partial charge in [-0.2, -0.15) is 0 Å². The number of benzene rings is 2. The molecule has 1 aliphatic heterocycles. The van der Waals surface area contributed by atoms with Crippen molar-refractivity contribution in [2.24, 2.45) is 11.7 Å². The fourth-order valence-corrected chi connectivity index (χ4v) is 6.08. The number of nitrogens with two attached hydrogens (primary N) is 1. The van der Waals surface area contributed by atoms with Gasteiger partial charge in [-0.3, -0.25) is 14.6 Å². The first-order valence-corrected chi connectivity index (χ1v) is 13.1. The van der Waals surface area contributed by atoms with Crippen molar-refractivity contribution in [2.45, 2.75) is 69.9 Å². The first kappa shape index (κ1) is 26.3. The van der Waals surface area contributed by atoms with E-state index in [0.29, 0.717) is 23.7 Å². The molecule has 2 fully saturated rings. The highest BCUT2D eigenvalue weighted by Crippen LogP contribution is 2.39. The third-order valence-electron chi connectivity index (χ3n) is 8.21. The zero-order valence-electron chi connectivity index (χ0n) is 21.3. The Balaban J connectivity index is 1.53. The van der Waals surface area contributed by atoms with Gasteiger partial charge in [0.1, 0.15) is 5.82 Å². The highest BCUT2D eigenvalue weighted by atomic mass is 19.1. The molecule has 3 unspecified atom stereocenters. The average Bonchev–Trinajstić information content (AvgIpc) is 3.40. The highest BCUT2D eigenvalue weighted by molar-refractivity contribution is 5.97. The lowest BCUT2D eigenvalue weighted by Crippen LogP contribution is -2.59. The molecule has 1 saturated carbocycles. The highest BCUT2D eigenvalue weighted by Gasteiger charge is 2.43. The number of amides is 2. The van der Waals surface area contributed by atoms with E-state index >= 15 is 0 Å². The van der Waals surface area contributed by atoms with Gasteiger partial charge >= 0.3 is 6.03 Å². The molecule has 1 saturated heterocycles. The lowest BCUT2D eigenvalue weighted by atomic mass is 9.81. The number of carbonyl (C=O) groups excluding carboxylic acids is 2. The van der Waals surface area contributed by atoms with E-state index in [4.69, 9.17) is 5.73 Å². The van der Waals surface area contributed by atoms with Gasteiger partial charge in [0.15, 0.2) is 5.78 Å². The number of hydrogen-bond acceptors (Lipinski definition) is 4. The van der Waals surface area contributed by atoms with Gasteiger partial charge in [0.2, 0.25) is 0 Å². The number of Topliss-reactive ketones (excluding diaryl/α,β-unsaturated/α-hetero) is 1. The van der Waals surface area contributed by atoms with Crippen LogP contribution in [-0.4, -0.2) is 53.1 Å². The second-order valence-corrected chi connectivity index (χ2v) is 10.7. The lowest BCUT2D eigenvalue weighted by Gasteiger charge is -2.45. The molecule has 194 valence electrons. The number of rotatable bonds is 8. The number of hydrogen-bond donors (Lipinski definition) is 2.